The normalized spacial score (nSPS) is 14.5. The zero-order valence-corrected chi connectivity index (χ0v) is 18.9. The van der Waals surface area contributed by atoms with Crippen LogP contribution in [0, 0.1) is 12.7 Å². The Kier molecular flexibility index (Phi) is 6.49. The Morgan fingerprint density at radius 3 is 2.38 bits per heavy atom. The Morgan fingerprint density at radius 1 is 0.938 bits per heavy atom. The average molecular weight is 433 g/mol. The van der Waals surface area contributed by atoms with E-state index >= 15 is 0 Å². The molecule has 2 heterocycles. The van der Waals surface area contributed by atoms with Crippen molar-refractivity contribution in [1.29, 1.82) is 0 Å². The minimum absolute atomic E-state index is 0.132. The van der Waals surface area contributed by atoms with Gasteiger partial charge in [0, 0.05) is 43.0 Å². The van der Waals surface area contributed by atoms with Gasteiger partial charge in [-0.3, -0.25) is 4.79 Å². The number of hydrogen-bond donors (Lipinski definition) is 0. The number of benzene rings is 2. The van der Waals surface area contributed by atoms with Gasteiger partial charge in [0.25, 0.3) is 5.91 Å². The van der Waals surface area contributed by atoms with Crippen molar-refractivity contribution in [3.8, 4) is 11.4 Å². The molecule has 0 radical (unpaired) electrons. The van der Waals surface area contributed by atoms with Crippen molar-refractivity contribution in [2.75, 3.05) is 31.1 Å². The third-order valence-corrected chi connectivity index (χ3v) is 5.91. The van der Waals surface area contributed by atoms with E-state index < -0.39 is 5.82 Å². The highest BCUT2D eigenvalue weighted by Gasteiger charge is 2.26. The molecular weight excluding hydrogens is 403 g/mol. The van der Waals surface area contributed by atoms with E-state index in [-0.39, 0.29) is 17.4 Å². The highest BCUT2D eigenvalue weighted by Crippen LogP contribution is 2.31. The molecule has 1 saturated heterocycles. The lowest BCUT2D eigenvalue weighted by molar-refractivity contribution is 0.0762. The van der Waals surface area contributed by atoms with Crippen LogP contribution in [0.1, 0.15) is 47.8 Å². The molecule has 4 rings (SSSR count). The zero-order chi connectivity index (χ0) is 22.7. The van der Waals surface area contributed by atoms with Crippen molar-refractivity contribution in [3.05, 3.63) is 77.2 Å². The number of aromatic nitrogens is 2. The molecule has 1 aliphatic heterocycles. The van der Waals surface area contributed by atoms with Crippen LogP contribution in [0.2, 0.25) is 0 Å². The topological polar surface area (TPSA) is 49.3 Å². The van der Waals surface area contributed by atoms with Crippen LogP contribution in [0.5, 0.6) is 0 Å². The number of anilines is 1. The monoisotopic (exact) mass is 432 g/mol. The maximum atomic E-state index is 14.2. The van der Waals surface area contributed by atoms with E-state index in [2.05, 4.69) is 18.7 Å². The number of nitrogens with zero attached hydrogens (tertiary/aromatic N) is 4. The summed E-state index contributed by atoms with van der Waals surface area (Å²) in [4.78, 5) is 26.7. The molecule has 1 amide bonds. The second-order valence-electron chi connectivity index (χ2n) is 8.50. The summed E-state index contributed by atoms with van der Waals surface area (Å²) in [6.45, 7) is 8.89. The van der Waals surface area contributed by atoms with Crippen LogP contribution in [0.25, 0.3) is 11.4 Å². The van der Waals surface area contributed by atoms with Gasteiger partial charge in [-0.05, 0) is 31.4 Å². The number of halogens is 1. The summed E-state index contributed by atoms with van der Waals surface area (Å²) in [6, 6.07) is 16.2. The zero-order valence-electron chi connectivity index (χ0n) is 18.9. The van der Waals surface area contributed by atoms with Gasteiger partial charge >= 0.3 is 0 Å². The summed E-state index contributed by atoms with van der Waals surface area (Å²) in [6.07, 6.45) is 0.793. The maximum Gasteiger partial charge on any atom is 0.256 e. The molecule has 0 N–H and O–H groups in total. The lowest BCUT2D eigenvalue weighted by atomic mass is 10.0. The van der Waals surface area contributed by atoms with Crippen LogP contribution < -0.4 is 4.90 Å². The van der Waals surface area contributed by atoms with Gasteiger partial charge in [-0.25, -0.2) is 14.4 Å². The number of hydrogen-bond acceptors (Lipinski definition) is 4. The van der Waals surface area contributed by atoms with E-state index in [0.717, 1.165) is 35.6 Å². The van der Waals surface area contributed by atoms with E-state index in [1.807, 2.05) is 37.3 Å². The van der Waals surface area contributed by atoms with Gasteiger partial charge in [-0.15, -0.1) is 0 Å². The van der Waals surface area contributed by atoms with E-state index in [9.17, 15) is 9.18 Å². The van der Waals surface area contributed by atoms with Gasteiger partial charge in [-0.1, -0.05) is 56.3 Å². The van der Waals surface area contributed by atoms with Gasteiger partial charge in [0.05, 0.1) is 5.56 Å². The molecule has 1 aliphatic rings. The fourth-order valence-corrected chi connectivity index (χ4v) is 4.34. The number of carbonyl (C=O) groups excluding carboxylic acids is 1. The second kappa shape index (κ2) is 9.47. The Morgan fingerprint density at radius 2 is 1.66 bits per heavy atom. The third kappa shape index (κ3) is 4.49. The van der Waals surface area contributed by atoms with E-state index in [1.54, 1.807) is 23.1 Å². The minimum atomic E-state index is -0.473. The van der Waals surface area contributed by atoms with Gasteiger partial charge < -0.3 is 9.80 Å². The highest BCUT2D eigenvalue weighted by atomic mass is 19.1. The summed E-state index contributed by atoms with van der Waals surface area (Å²) >= 11 is 0. The largest absolute Gasteiger partial charge is 0.354 e. The van der Waals surface area contributed by atoms with Gasteiger partial charge in [0.15, 0.2) is 5.82 Å². The molecule has 2 aromatic carbocycles. The highest BCUT2D eigenvalue weighted by molar-refractivity contribution is 5.94. The predicted octanol–water partition coefficient (Wildman–Crippen LogP) is 5.07. The first-order chi connectivity index (χ1) is 15.5. The molecule has 6 heteroatoms. The van der Waals surface area contributed by atoms with Gasteiger partial charge in [-0.2, -0.15) is 0 Å². The number of rotatable bonds is 4. The molecule has 0 aliphatic carbocycles. The quantitative estimate of drug-likeness (QED) is 0.578. The first-order valence-corrected chi connectivity index (χ1v) is 11.2. The van der Waals surface area contributed by atoms with E-state index in [0.29, 0.717) is 25.5 Å². The van der Waals surface area contributed by atoms with Crippen LogP contribution in [0.3, 0.4) is 0 Å². The number of amides is 1. The molecule has 0 saturated carbocycles. The van der Waals surface area contributed by atoms with E-state index in [1.165, 1.54) is 6.07 Å². The summed E-state index contributed by atoms with van der Waals surface area (Å²) in [5.41, 5.74) is 3.23. The van der Waals surface area contributed by atoms with Crippen LogP contribution in [-0.4, -0.2) is 47.0 Å². The van der Waals surface area contributed by atoms with Crippen molar-refractivity contribution < 1.29 is 9.18 Å². The van der Waals surface area contributed by atoms with Crippen molar-refractivity contribution >= 4 is 11.7 Å². The van der Waals surface area contributed by atoms with Crippen molar-refractivity contribution in [1.82, 2.24) is 14.9 Å². The Hall–Kier alpha value is -3.28. The number of carbonyl (C=O) groups is 1. The fourth-order valence-electron chi connectivity index (χ4n) is 4.34. The Balaban J connectivity index is 1.63. The second-order valence-corrected chi connectivity index (χ2v) is 8.50. The standard InChI is InChI=1S/C26H29FN4O/c1-18(2)23-19(3)28-24(20-10-5-4-6-11-20)29-25(23)30-14-9-15-31(17-16-30)26(32)21-12-7-8-13-22(21)27/h4-8,10-13,18H,9,14-17H2,1-3H3. The van der Waals surface area contributed by atoms with Crippen LogP contribution >= 0.6 is 0 Å². The van der Waals surface area contributed by atoms with Crippen LogP contribution in [-0.2, 0) is 0 Å². The smallest absolute Gasteiger partial charge is 0.256 e. The van der Waals surface area contributed by atoms with Crippen LogP contribution in [0.15, 0.2) is 54.6 Å². The third-order valence-electron chi connectivity index (χ3n) is 5.91. The van der Waals surface area contributed by atoms with Crippen molar-refractivity contribution in [3.63, 3.8) is 0 Å². The lowest BCUT2D eigenvalue weighted by Crippen LogP contribution is -2.36. The Labute approximate surface area is 188 Å². The molecule has 1 aromatic heterocycles. The molecule has 0 spiro atoms. The summed E-state index contributed by atoms with van der Waals surface area (Å²) in [7, 11) is 0. The van der Waals surface area contributed by atoms with Gasteiger partial charge in [0.2, 0.25) is 0 Å². The fraction of sp³-hybridized carbons (Fsp3) is 0.346. The lowest BCUT2D eigenvalue weighted by Gasteiger charge is -2.27. The molecular formula is C26H29FN4O. The van der Waals surface area contributed by atoms with E-state index in [4.69, 9.17) is 9.97 Å². The van der Waals surface area contributed by atoms with Crippen molar-refractivity contribution in [2.45, 2.75) is 33.1 Å². The SMILES string of the molecule is Cc1nc(-c2ccccc2)nc(N2CCCN(C(=O)c3ccccc3F)CC2)c1C(C)C. The molecule has 32 heavy (non-hydrogen) atoms. The summed E-state index contributed by atoms with van der Waals surface area (Å²) < 4.78 is 14.2. The molecule has 0 unspecified atom stereocenters. The molecule has 166 valence electrons. The molecule has 1 fully saturated rings. The molecule has 0 atom stereocenters. The Bertz CT molecular complexity index is 1100. The average Bonchev–Trinajstić information content (AvgIpc) is 3.05. The summed E-state index contributed by atoms with van der Waals surface area (Å²) in [5.74, 6) is 1.20. The summed E-state index contributed by atoms with van der Waals surface area (Å²) in [5, 5.41) is 0. The maximum absolute atomic E-state index is 14.2. The predicted molar refractivity (Wildman–Crippen MR) is 125 cm³/mol. The van der Waals surface area contributed by atoms with Crippen molar-refractivity contribution in [2.24, 2.45) is 0 Å². The first-order valence-electron chi connectivity index (χ1n) is 11.2. The minimum Gasteiger partial charge on any atom is -0.354 e. The number of aryl methyl sites for hydroxylation is 1. The molecule has 0 bridgehead atoms. The molecule has 5 nitrogen and oxygen atoms in total. The van der Waals surface area contributed by atoms with Gasteiger partial charge in [0.1, 0.15) is 11.6 Å². The first kappa shape index (κ1) is 21.9. The molecule has 3 aromatic rings. The van der Waals surface area contributed by atoms with Crippen LogP contribution in [0.4, 0.5) is 10.2 Å².